The van der Waals surface area contributed by atoms with E-state index in [1.54, 1.807) is 4.90 Å². The molecule has 6 nitrogen and oxygen atoms in total. The van der Waals surface area contributed by atoms with Crippen molar-refractivity contribution in [3.8, 4) is 5.75 Å². The molecule has 2 unspecified atom stereocenters. The Balaban J connectivity index is 0.00000261. The molecule has 3 rings (SSSR count). The highest BCUT2D eigenvalue weighted by Gasteiger charge is 2.42. The number of likely N-dealkylation sites (tertiary alicyclic amines) is 1. The molecular weight excluding hydrogens is 366 g/mol. The molecule has 1 heterocycles. The molecule has 0 radical (unpaired) electrons. The third kappa shape index (κ3) is 5.59. The van der Waals surface area contributed by atoms with Gasteiger partial charge in [0.25, 0.3) is 5.91 Å². The molecule has 150 valence electrons. The number of hydrogen-bond acceptors (Lipinski definition) is 4. The second-order valence-corrected chi connectivity index (χ2v) is 7.67. The minimum Gasteiger partial charge on any atom is -0.484 e. The molecule has 0 aromatic heterocycles. The van der Waals surface area contributed by atoms with Gasteiger partial charge in [-0.15, -0.1) is 12.4 Å². The van der Waals surface area contributed by atoms with Crippen LogP contribution in [0.2, 0.25) is 0 Å². The molecule has 2 fully saturated rings. The number of para-hydroxylation sites is 1. The first-order chi connectivity index (χ1) is 12.5. The van der Waals surface area contributed by atoms with E-state index in [2.05, 4.69) is 5.32 Å². The number of rotatable bonds is 7. The summed E-state index contributed by atoms with van der Waals surface area (Å²) in [5.41, 5.74) is 5.58. The Labute approximate surface area is 167 Å². The Morgan fingerprint density at radius 3 is 2.59 bits per heavy atom. The van der Waals surface area contributed by atoms with Crippen molar-refractivity contribution in [1.29, 1.82) is 0 Å². The molecule has 2 atom stereocenters. The van der Waals surface area contributed by atoms with Crippen molar-refractivity contribution in [3.63, 3.8) is 0 Å². The fourth-order valence-corrected chi connectivity index (χ4v) is 3.59. The second-order valence-electron chi connectivity index (χ2n) is 7.67. The van der Waals surface area contributed by atoms with Crippen LogP contribution in [0, 0.1) is 11.8 Å². The Morgan fingerprint density at radius 1 is 1.26 bits per heavy atom. The first kappa shape index (κ1) is 21.5. The van der Waals surface area contributed by atoms with E-state index in [0.29, 0.717) is 31.3 Å². The Morgan fingerprint density at radius 2 is 1.96 bits per heavy atom. The predicted molar refractivity (Wildman–Crippen MR) is 107 cm³/mol. The summed E-state index contributed by atoms with van der Waals surface area (Å²) in [6.07, 6.45) is 3.89. The van der Waals surface area contributed by atoms with E-state index in [1.165, 1.54) is 0 Å². The summed E-state index contributed by atoms with van der Waals surface area (Å²) in [5, 5.41) is 3.16. The van der Waals surface area contributed by atoms with Crippen LogP contribution >= 0.6 is 12.4 Å². The molecule has 1 aliphatic carbocycles. The van der Waals surface area contributed by atoms with E-state index in [0.717, 1.165) is 25.7 Å². The number of nitrogens with two attached hydrogens (primary N) is 1. The summed E-state index contributed by atoms with van der Waals surface area (Å²) in [6.45, 7) is 3.61. The molecule has 1 aromatic rings. The average Bonchev–Trinajstić information content (AvgIpc) is 3.52. The summed E-state index contributed by atoms with van der Waals surface area (Å²) in [4.78, 5) is 26.9. The van der Waals surface area contributed by atoms with Gasteiger partial charge in [0.2, 0.25) is 5.91 Å². The predicted octanol–water partition coefficient (Wildman–Crippen LogP) is 1.97. The Kier molecular flexibility index (Phi) is 7.50. The molecule has 0 spiro atoms. The number of nitrogens with one attached hydrogen (secondary N) is 1. The number of carbonyl (C=O) groups is 2. The highest BCUT2D eigenvalue weighted by molar-refractivity contribution is 5.85. The zero-order chi connectivity index (χ0) is 18.6. The number of halogens is 1. The van der Waals surface area contributed by atoms with Crippen LogP contribution in [0.4, 0.5) is 0 Å². The van der Waals surface area contributed by atoms with Gasteiger partial charge >= 0.3 is 0 Å². The Hall–Kier alpha value is -1.79. The summed E-state index contributed by atoms with van der Waals surface area (Å²) in [5.74, 6) is 0.933. The van der Waals surface area contributed by atoms with Crippen LogP contribution in [0.1, 0.15) is 32.6 Å². The lowest BCUT2D eigenvalue weighted by molar-refractivity contribution is -0.138. The van der Waals surface area contributed by atoms with Gasteiger partial charge < -0.3 is 20.7 Å². The SMILES string of the molecule is CC(CN)(NC(=O)C1CCCN(C(=O)COc2ccccc2)C1)C1CC1.Cl. The summed E-state index contributed by atoms with van der Waals surface area (Å²) in [7, 11) is 0. The van der Waals surface area contributed by atoms with E-state index in [4.69, 9.17) is 10.5 Å². The lowest BCUT2D eigenvalue weighted by atomic mass is 9.92. The van der Waals surface area contributed by atoms with Gasteiger partial charge in [-0.1, -0.05) is 18.2 Å². The maximum atomic E-state index is 12.7. The van der Waals surface area contributed by atoms with Gasteiger partial charge in [-0.05, 0) is 50.7 Å². The summed E-state index contributed by atoms with van der Waals surface area (Å²) >= 11 is 0. The van der Waals surface area contributed by atoms with Gasteiger partial charge in [-0.3, -0.25) is 9.59 Å². The maximum Gasteiger partial charge on any atom is 0.260 e. The van der Waals surface area contributed by atoms with Crippen LogP contribution < -0.4 is 15.8 Å². The number of benzene rings is 1. The number of amides is 2. The van der Waals surface area contributed by atoms with Crippen molar-refractivity contribution < 1.29 is 14.3 Å². The van der Waals surface area contributed by atoms with Gasteiger partial charge in [0.05, 0.1) is 11.5 Å². The molecule has 1 saturated heterocycles. The fraction of sp³-hybridized carbons (Fsp3) is 0.600. The molecule has 1 saturated carbocycles. The van der Waals surface area contributed by atoms with E-state index >= 15 is 0 Å². The monoisotopic (exact) mass is 395 g/mol. The number of carbonyl (C=O) groups excluding carboxylic acids is 2. The van der Waals surface area contributed by atoms with Crippen molar-refractivity contribution in [2.75, 3.05) is 26.2 Å². The smallest absolute Gasteiger partial charge is 0.260 e. The van der Waals surface area contributed by atoms with Crippen molar-refractivity contribution in [2.24, 2.45) is 17.6 Å². The Bertz CT molecular complexity index is 639. The lowest BCUT2D eigenvalue weighted by Crippen LogP contribution is -2.56. The fourth-order valence-electron chi connectivity index (χ4n) is 3.59. The molecular formula is C20H30ClN3O3. The molecule has 2 aliphatic rings. The molecule has 3 N–H and O–H groups in total. The van der Waals surface area contributed by atoms with Crippen LogP contribution in [0.25, 0.3) is 0 Å². The molecule has 2 amide bonds. The van der Waals surface area contributed by atoms with E-state index in [1.807, 2.05) is 37.3 Å². The van der Waals surface area contributed by atoms with Crippen molar-refractivity contribution >= 4 is 24.2 Å². The summed E-state index contributed by atoms with van der Waals surface area (Å²) in [6, 6.07) is 9.29. The van der Waals surface area contributed by atoms with E-state index in [-0.39, 0.29) is 42.3 Å². The van der Waals surface area contributed by atoms with Crippen molar-refractivity contribution in [1.82, 2.24) is 10.2 Å². The quantitative estimate of drug-likeness (QED) is 0.739. The minimum atomic E-state index is -0.320. The largest absolute Gasteiger partial charge is 0.484 e. The first-order valence-electron chi connectivity index (χ1n) is 9.49. The zero-order valence-corrected chi connectivity index (χ0v) is 16.7. The number of ether oxygens (including phenoxy) is 1. The molecule has 0 bridgehead atoms. The number of nitrogens with zero attached hydrogens (tertiary/aromatic N) is 1. The molecule has 27 heavy (non-hydrogen) atoms. The van der Waals surface area contributed by atoms with Crippen molar-refractivity contribution in [2.45, 2.75) is 38.1 Å². The van der Waals surface area contributed by atoms with Crippen molar-refractivity contribution in [3.05, 3.63) is 30.3 Å². The van der Waals surface area contributed by atoms with Crippen LogP contribution in [0.3, 0.4) is 0 Å². The zero-order valence-electron chi connectivity index (χ0n) is 15.9. The third-order valence-electron chi connectivity index (χ3n) is 5.56. The van der Waals surface area contributed by atoms with Crippen LogP contribution in [0.15, 0.2) is 30.3 Å². The van der Waals surface area contributed by atoms with Gasteiger partial charge in [0.1, 0.15) is 5.75 Å². The van der Waals surface area contributed by atoms with Gasteiger partial charge in [-0.25, -0.2) is 0 Å². The highest BCUT2D eigenvalue weighted by Crippen LogP contribution is 2.39. The average molecular weight is 396 g/mol. The molecule has 1 aliphatic heterocycles. The second kappa shape index (κ2) is 9.42. The van der Waals surface area contributed by atoms with Crippen LogP contribution in [0.5, 0.6) is 5.75 Å². The van der Waals surface area contributed by atoms with Gasteiger partial charge in [0.15, 0.2) is 6.61 Å². The van der Waals surface area contributed by atoms with Crippen LogP contribution in [-0.2, 0) is 9.59 Å². The maximum absolute atomic E-state index is 12.7. The van der Waals surface area contributed by atoms with Gasteiger partial charge in [-0.2, -0.15) is 0 Å². The van der Waals surface area contributed by atoms with Crippen LogP contribution in [-0.4, -0.2) is 48.5 Å². The lowest BCUT2D eigenvalue weighted by Gasteiger charge is -2.36. The molecule has 7 heteroatoms. The molecule has 1 aromatic carbocycles. The first-order valence-corrected chi connectivity index (χ1v) is 9.49. The normalized spacial score (nSPS) is 21.6. The number of piperidine rings is 1. The van der Waals surface area contributed by atoms with E-state index in [9.17, 15) is 9.59 Å². The van der Waals surface area contributed by atoms with Gasteiger partial charge in [0, 0.05) is 19.6 Å². The minimum absolute atomic E-state index is 0. The standard InChI is InChI=1S/C20H29N3O3.ClH/c1-20(14-21,16-9-10-16)22-19(25)15-6-5-11-23(12-15)18(24)13-26-17-7-3-2-4-8-17;/h2-4,7-8,15-16H,5-6,9-14,21H2,1H3,(H,22,25);1H. The number of hydrogen-bond donors (Lipinski definition) is 2. The third-order valence-corrected chi connectivity index (χ3v) is 5.56. The summed E-state index contributed by atoms with van der Waals surface area (Å²) < 4.78 is 5.55. The van der Waals surface area contributed by atoms with E-state index < -0.39 is 0 Å². The topological polar surface area (TPSA) is 84.7 Å². The highest BCUT2D eigenvalue weighted by atomic mass is 35.5.